The molecule has 0 aliphatic heterocycles. The lowest BCUT2D eigenvalue weighted by molar-refractivity contribution is -0.122. The molecule has 21 heavy (non-hydrogen) atoms. The maximum absolute atomic E-state index is 11.9. The number of aryl methyl sites for hydroxylation is 2. The second-order valence-corrected chi connectivity index (χ2v) is 4.80. The highest BCUT2D eigenvalue weighted by atomic mass is 16.5. The van der Waals surface area contributed by atoms with Crippen molar-refractivity contribution in [2.24, 2.45) is 0 Å². The van der Waals surface area contributed by atoms with Crippen molar-refractivity contribution in [1.82, 2.24) is 25.5 Å². The predicted molar refractivity (Wildman–Crippen MR) is 75.4 cm³/mol. The first-order valence-corrected chi connectivity index (χ1v) is 6.62. The Hall–Kier alpha value is -2.70. The molecule has 1 aromatic carbocycles. The zero-order valence-corrected chi connectivity index (χ0v) is 11.8. The van der Waals surface area contributed by atoms with Gasteiger partial charge < -0.3 is 9.84 Å². The monoisotopic (exact) mass is 285 g/mol. The van der Waals surface area contributed by atoms with Crippen LogP contribution in [0.2, 0.25) is 0 Å². The summed E-state index contributed by atoms with van der Waals surface area (Å²) in [6, 6.07) is 7.50. The van der Waals surface area contributed by atoms with E-state index in [9.17, 15) is 4.79 Å². The second kappa shape index (κ2) is 5.35. The van der Waals surface area contributed by atoms with Gasteiger partial charge in [-0.3, -0.25) is 4.79 Å². The molecule has 0 atom stereocenters. The van der Waals surface area contributed by atoms with Crippen LogP contribution in [-0.2, 0) is 17.9 Å². The first-order valence-electron chi connectivity index (χ1n) is 6.62. The Morgan fingerprint density at radius 2 is 1.90 bits per heavy atom. The molecule has 0 saturated heterocycles. The van der Waals surface area contributed by atoms with Crippen LogP contribution < -0.4 is 5.32 Å². The highest BCUT2D eigenvalue weighted by Gasteiger charge is 2.11. The van der Waals surface area contributed by atoms with Crippen molar-refractivity contribution >= 4 is 16.9 Å². The van der Waals surface area contributed by atoms with Crippen molar-refractivity contribution in [2.75, 3.05) is 0 Å². The summed E-state index contributed by atoms with van der Waals surface area (Å²) >= 11 is 0. The standard InChI is InChI=1S/C14H15N5O2/c1-9-11(10(2)21-18-9)7-15-14(20)8-19-16-12-5-3-4-6-13(12)17-19/h3-6H,7-8H2,1-2H3,(H,15,20). The number of hydrogen-bond donors (Lipinski definition) is 1. The molecule has 0 radical (unpaired) electrons. The molecule has 0 fully saturated rings. The van der Waals surface area contributed by atoms with E-state index in [0.717, 1.165) is 28.1 Å². The zero-order chi connectivity index (χ0) is 14.8. The molecule has 7 heteroatoms. The van der Waals surface area contributed by atoms with Crippen LogP contribution in [0.25, 0.3) is 11.0 Å². The van der Waals surface area contributed by atoms with E-state index in [2.05, 4.69) is 20.7 Å². The van der Waals surface area contributed by atoms with E-state index in [4.69, 9.17) is 4.52 Å². The molecule has 3 aromatic rings. The summed E-state index contributed by atoms with van der Waals surface area (Å²) in [5, 5.41) is 15.2. The van der Waals surface area contributed by atoms with E-state index in [1.807, 2.05) is 38.1 Å². The van der Waals surface area contributed by atoms with Gasteiger partial charge in [0.05, 0.1) is 5.69 Å². The van der Waals surface area contributed by atoms with Gasteiger partial charge in [0.1, 0.15) is 23.3 Å². The van der Waals surface area contributed by atoms with Crippen LogP contribution in [-0.4, -0.2) is 26.1 Å². The summed E-state index contributed by atoms with van der Waals surface area (Å²) in [5.74, 6) is 0.561. The van der Waals surface area contributed by atoms with Gasteiger partial charge in [-0.05, 0) is 26.0 Å². The summed E-state index contributed by atoms with van der Waals surface area (Å²) < 4.78 is 5.05. The number of hydrogen-bond acceptors (Lipinski definition) is 5. The Labute approximate surface area is 120 Å². The first-order chi connectivity index (χ1) is 10.1. The topological polar surface area (TPSA) is 85.8 Å². The highest BCUT2D eigenvalue weighted by Crippen LogP contribution is 2.11. The molecule has 2 heterocycles. The van der Waals surface area contributed by atoms with Gasteiger partial charge >= 0.3 is 0 Å². The number of carbonyl (C=O) groups is 1. The number of nitrogens with zero attached hydrogens (tertiary/aromatic N) is 4. The third-order valence-electron chi connectivity index (χ3n) is 3.26. The molecule has 7 nitrogen and oxygen atoms in total. The molecule has 0 bridgehead atoms. The molecule has 108 valence electrons. The maximum atomic E-state index is 11.9. The van der Waals surface area contributed by atoms with Crippen LogP contribution >= 0.6 is 0 Å². The summed E-state index contributed by atoms with van der Waals surface area (Å²) in [4.78, 5) is 13.3. The van der Waals surface area contributed by atoms with E-state index in [1.165, 1.54) is 4.80 Å². The summed E-state index contributed by atoms with van der Waals surface area (Å²) in [5.41, 5.74) is 3.24. The van der Waals surface area contributed by atoms with E-state index in [1.54, 1.807) is 0 Å². The molecule has 1 N–H and O–H groups in total. The minimum atomic E-state index is -0.157. The minimum absolute atomic E-state index is 0.0814. The fourth-order valence-electron chi connectivity index (χ4n) is 2.10. The second-order valence-electron chi connectivity index (χ2n) is 4.80. The largest absolute Gasteiger partial charge is 0.361 e. The van der Waals surface area contributed by atoms with Gasteiger partial charge in [0.2, 0.25) is 5.91 Å². The maximum Gasteiger partial charge on any atom is 0.243 e. The SMILES string of the molecule is Cc1noc(C)c1CNC(=O)Cn1nc2ccccc2n1. The molecular weight excluding hydrogens is 270 g/mol. The van der Waals surface area contributed by atoms with Crippen LogP contribution in [0.5, 0.6) is 0 Å². The Morgan fingerprint density at radius 1 is 1.24 bits per heavy atom. The average molecular weight is 285 g/mol. The Bertz CT molecular complexity index is 737. The van der Waals surface area contributed by atoms with Gasteiger partial charge in [-0.15, -0.1) is 0 Å². The van der Waals surface area contributed by atoms with Crippen LogP contribution in [0, 0.1) is 13.8 Å². The van der Waals surface area contributed by atoms with Gasteiger partial charge in [0.25, 0.3) is 0 Å². The van der Waals surface area contributed by atoms with Crippen molar-refractivity contribution in [1.29, 1.82) is 0 Å². The molecular formula is C14H15N5O2. The molecule has 0 unspecified atom stereocenters. The van der Waals surface area contributed by atoms with Gasteiger partial charge in [-0.25, -0.2) is 0 Å². The number of aromatic nitrogens is 4. The third-order valence-corrected chi connectivity index (χ3v) is 3.26. The van der Waals surface area contributed by atoms with E-state index < -0.39 is 0 Å². The minimum Gasteiger partial charge on any atom is -0.361 e. The number of amides is 1. The number of rotatable bonds is 4. The third kappa shape index (κ3) is 2.76. The number of benzene rings is 1. The van der Waals surface area contributed by atoms with Gasteiger partial charge in [-0.2, -0.15) is 15.0 Å². The summed E-state index contributed by atoms with van der Waals surface area (Å²) in [6.45, 7) is 4.14. The number of fused-ring (bicyclic) bond motifs is 1. The summed E-state index contributed by atoms with van der Waals surface area (Å²) in [7, 11) is 0. The number of nitrogens with one attached hydrogen (secondary N) is 1. The van der Waals surface area contributed by atoms with Gasteiger partial charge in [0.15, 0.2) is 0 Å². The molecule has 0 aliphatic carbocycles. The normalized spacial score (nSPS) is 11.0. The van der Waals surface area contributed by atoms with Crippen LogP contribution in [0.15, 0.2) is 28.8 Å². The molecule has 3 rings (SSSR count). The Kier molecular flexibility index (Phi) is 3.39. The van der Waals surface area contributed by atoms with E-state index in [-0.39, 0.29) is 12.5 Å². The van der Waals surface area contributed by atoms with Crippen LogP contribution in [0.3, 0.4) is 0 Å². The van der Waals surface area contributed by atoms with Crippen molar-refractivity contribution in [2.45, 2.75) is 26.9 Å². The van der Waals surface area contributed by atoms with Gasteiger partial charge in [0, 0.05) is 12.1 Å². The molecule has 0 spiro atoms. The number of carbonyl (C=O) groups excluding carboxylic acids is 1. The van der Waals surface area contributed by atoms with Crippen molar-refractivity contribution in [3.05, 3.63) is 41.3 Å². The average Bonchev–Trinajstić information content (AvgIpc) is 3.00. The molecule has 0 aliphatic rings. The molecule has 0 saturated carbocycles. The zero-order valence-electron chi connectivity index (χ0n) is 11.8. The lowest BCUT2D eigenvalue weighted by Crippen LogP contribution is -2.28. The van der Waals surface area contributed by atoms with Gasteiger partial charge in [-0.1, -0.05) is 17.3 Å². The highest BCUT2D eigenvalue weighted by molar-refractivity contribution is 5.77. The molecule has 2 aromatic heterocycles. The van der Waals surface area contributed by atoms with E-state index in [0.29, 0.717) is 6.54 Å². The van der Waals surface area contributed by atoms with Crippen molar-refractivity contribution in [3.8, 4) is 0 Å². The van der Waals surface area contributed by atoms with E-state index >= 15 is 0 Å². The van der Waals surface area contributed by atoms with Crippen LogP contribution in [0.4, 0.5) is 0 Å². The smallest absolute Gasteiger partial charge is 0.243 e. The Balaban J connectivity index is 1.64. The lowest BCUT2D eigenvalue weighted by Gasteiger charge is -2.04. The first kappa shape index (κ1) is 13.3. The van der Waals surface area contributed by atoms with Crippen LogP contribution in [0.1, 0.15) is 17.0 Å². The van der Waals surface area contributed by atoms with Crippen molar-refractivity contribution < 1.29 is 9.32 Å². The van der Waals surface area contributed by atoms with Crippen molar-refractivity contribution in [3.63, 3.8) is 0 Å². The quantitative estimate of drug-likeness (QED) is 0.782. The fourth-order valence-corrected chi connectivity index (χ4v) is 2.10. The predicted octanol–water partition coefficient (Wildman–Crippen LogP) is 1.35. The molecule has 1 amide bonds. The lowest BCUT2D eigenvalue weighted by atomic mass is 10.2. The fraction of sp³-hybridized carbons (Fsp3) is 0.286. The Morgan fingerprint density at radius 3 is 2.48 bits per heavy atom. The summed E-state index contributed by atoms with van der Waals surface area (Å²) in [6.07, 6.45) is 0.